The van der Waals surface area contributed by atoms with Gasteiger partial charge in [0.25, 0.3) is 5.91 Å². The zero-order valence-corrected chi connectivity index (χ0v) is 14.1. The van der Waals surface area contributed by atoms with Crippen LogP contribution in [0.25, 0.3) is 10.9 Å². The Balaban J connectivity index is 2.25. The fourth-order valence-corrected chi connectivity index (χ4v) is 2.66. The van der Waals surface area contributed by atoms with Gasteiger partial charge >= 0.3 is 0 Å². The summed E-state index contributed by atoms with van der Waals surface area (Å²) in [5.41, 5.74) is 0.757. The van der Waals surface area contributed by atoms with Crippen molar-refractivity contribution in [2.45, 2.75) is 38.8 Å². The van der Waals surface area contributed by atoms with Crippen LogP contribution in [0.3, 0.4) is 0 Å². The molecule has 1 aromatic heterocycles. The maximum absolute atomic E-state index is 12.6. The fourth-order valence-electron chi connectivity index (χ4n) is 2.66. The van der Waals surface area contributed by atoms with Crippen LogP contribution in [-0.4, -0.2) is 41.4 Å². The van der Waals surface area contributed by atoms with Crippen molar-refractivity contribution >= 4 is 16.8 Å². The van der Waals surface area contributed by atoms with E-state index in [1.54, 1.807) is 7.11 Å². The number of aromatic nitrogens is 1. The lowest BCUT2D eigenvalue weighted by Gasteiger charge is -2.25. The van der Waals surface area contributed by atoms with Crippen molar-refractivity contribution in [1.29, 1.82) is 0 Å². The molecule has 0 aliphatic heterocycles. The standard InChI is InChI=1S/C18H26N2O3/c1-4-18(22,5-2)13-19-17(21)16-12-14-8-6-7-9-15(14)20(16)10-11-23-3/h6-9,12,22H,4-5,10-11,13H2,1-3H3,(H,19,21). The van der Waals surface area contributed by atoms with Gasteiger partial charge in [0.05, 0.1) is 12.2 Å². The van der Waals surface area contributed by atoms with E-state index in [-0.39, 0.29) is 12.5 Å². The van der Waals surface area contributed by atoms with E-state index >= 15 is 0 Å². The number of carbonyl (C=O) groups is 1. The van der Waals surface area contributed by atoms with Crippen molar-refractivity contribution in [3.63, 3.8) is 0 Å². The molecule has 0 radical (unpaired) electrons. The Hall–Kier alpha value is -1.85. The van der Waals surface area contributed by atoms with Crippen LogP contribution in [0.5, 0.6) is 0 Å². The van der Waals surface area contributed by atoms with Gasteiger partial charge in [-0.25, -0.2) is 0 Å². The van der Waals surface area contributed by atoms with Gasteiger partial charge < -0.3 is 19.7 Å². The third kappa shape index (κ3) is 3.92. The molecule has 5 heteroatoms. The number of methoxy groups -OCH3 is 1. The molecule has 23 heavy (non-hydrogen) atoms. The van der Waals surface area contributed by atoms with E-state index in [9.17, 15) is 9.90 Å². The SMILES string of the molecule is CCC(O)(CC)CNC(=O)c1cc2ccccc2n1CCOC. The predicted octanol–water partition coefficient (Wildman–Crippen LogP) is 2.57. The van der Waals surface area contributed by atoms with Crippen molar-refractivity contribution in [2.24, 2.45) is 0 Å². The van der Waals surface area contributed by atoms with Gasteiger partial charge in [-0.05, 0) is 25.0 Å². The molecule has 2 rings (SSSR count). The zero-order valence-electron chi connectivity index (χ0n) is 14.1. The minimum atomic E-state index is -0.848. The quantitative estimate of drug-likeness (QED) is 0.786. The van der Waals surface area contributed by atoms with Crippen LogP contribution in [0.15, 0.2) is 30.3 Å². The first-order valence-corrected chi connectivity index (χ1v) is 8.12. The molecule has 0 atom stereocenters. The maximum Gasteiger partial charge on any atom is 0.268 e. The summed E-state index contributed by atoms with van der Waals surface area (Å²) in [5.74, 6) is -0.169. The molecule has 1 heterocycles. The molecule has 0 spiro atoms. The second-order valence-electron chi connectivity index (χ2n) is 5.85. The number of carbonyl (C=O) groups excluding carboxylic acids is 1. The summed E-state index contributed by atoms with van der Waals surface area (Å²) in [6, 6.07) is 9.79. The average Bonchev–Trinajstić information content (AvgIpc) is 2.96. The Labute approximate surface area is 137 Å². The van der Waals surface area contributed by atoms with Gasteiger partial charge in [0.2, 0.25) is 0 Å². The molecule has 2 aromatic rings. The Kier molecular flexibility index (Phi) is 5.80. The number of amides is 1. The molecule has 0 fully saturated rings. The van der Waals surface area contributed by atoms with Gasteiger partial charge in [-0.1, -0.05) is 32.0 Å². The maximum atomic E-state index is 12.6. The minimum absolute atomic E-state index is 0.169. The van der Waals surface area contributed by atoms with Crippen molar-refractivity contribution in [1.82, 2.24) is 9.88 Å². The molecule has 126 valence electrons. The van der Waals surface area contributed by atoms with Crippen molar-refractivity contribution in [2.75, 3.05) is 20.3 Å². The monoisotopic (exact) mass is 318 g/mol. The molecule has 0 aliphatic rings. The van der Waals surface area contributed by atoms with Gasteiger partial charge in [0.15, 0.2) is 0 Å². The number of hydrogen-bond donors (Lipinski definition) is 2. The van der Waals surface area contributed by atoms with Crippen LogP contribution in [-0.2, 0) is 11.3 Å². The smallest absolute Gasteiger partial charge is 0.268 e. The van der Waals surface area contributed by atoms with E-state index in [4.69, 9.17) is 4.74 Å². The lowest BCUT2D eigenvalue weighted by atomic mass is 9.97. The first-order chi connectivity index (χ1) is 11.0. The van der Waals surface area contributed by atoms with E-state index in [0.29, 0.717) is 31.7 Å². The number of nitrogens with zero attached hydrogens (tertiary/aromatic N) is 1. The summed E-state index contributed by atoms with van der Waals surface area (Å²) in [4.78, 5) is 12.6. The summed E-state index contributed by atoms with van der Waals surface area (Å²) in [6.45, 7) is 5.24. The Bertz CT molecular complexity index is 659. The molecule has 2 N–H and O–H groups in total. The van der Waals surface area contributed by atoms with Gasteiger partial charge in [0, 0.05) is 31.1 Å². The predicted molar refractivity (Wildman–Crippen MR) is 91.7 cm³/mol. The molecule has 0 aliphatic carbocycles. The van der Waals surface area contributed by atoms with Crippen molar-refractivity contribution in [3.8, 4) is 0 Å². The van der Waals surface area contributed by atoms with Crippen molar-refractivity contribution in [3.05, 3.63) is 36.0 Å². The van der Waals surface area contributed by atoms with Crippen LogP contribution in [0, 0.1) is 0 Å². The number of hydrogen-bond acceptors (Lipinski definition) is 3. The molecule has 5 nitrogen and oxygen atoms in total. The van der Waals surface area contributed by atoms with Crippen LogP contribution in [0.2, 0.25) is 0 Å². The van der Waals surface area contributed by atoms with Gasteiger partial charge in [0.1, 0.15) is 5.69 Å². The Morgan fingerprint density at radius 2 is 2.00 bits per heavy atom. The highest BCUT2D eigenvalue weighted by Crippen LogP contribution is 2.20. The highest BCUT2D eigenvalue weighted by molar-refractivity contribution is 5.98. The third-order valence-electron chi connectivity index (χ3n) is 4.46. The number of nitrogens with one attached hydrogen (secondary N) is 1. The van der Waals surface area contributed by atoms with Crippen molar-refractivity contribution < 1.29 is 14.6 Å². The number of para-hydroxylation sites is 1. The van der Waals surface area contributed by atoms with E-state index in [1.165, 1.54) is 0 Å². The second kappa shape index (κ2) is 7.62. The molecule has 1 amide bonds. The average molecular weight is 318 g/mol. The third-order valence-corrected chi connectivity index (χ3v) is 4.46. The summed E-state index contributed by atoms with van der Waals surface area (Å²) >= 11 is 0. The van der Waals surface area contributed by atoms with Crippen LogP contribution < -0.4 is 5.32 Å². The first kappa shape index (κ1) is 17.5. The van der Waals surface area contributed by atoms with Gasteiger partial charge in [-0.2, -0.15) is 0 Å². The largest absolute Gasteiger partial charge is 0.388 e. The lowest BCUT2D eigenvalue weighted by molar-refractivity contribution is 0.0312. The Morgan fingerprint density at radius 3 is 2.65 bits per heavy atom. The number of fused-ring (bicyclic) bond motifs is 1. The highest BCUT2D eigenvalue weighted by atomic mass is 16.5. The molecular weight excluding hydrogens is 292 g/mol. The first-order valence-electron chi connectivity index (χ1n) is 8.12. The molecule has 0 unspecified atom stereocenters. The molecule has 0 saturated carbocycles. The number of rotatable bonds is 8. The number of aliphatic hydroxyl groups is 1. The van der Waals surface area contributed by atoms with Crippen LogP contribution >= 0.6 is 0 Å². The number of ether oxygens (including phenoxy) is 1. The molecule has 1 aromatic carbocycles. The summed E-state index contributed by atoms with van der Waals surface area (Å²) in [7, 11) is 1.65. The van der Waals surface area contributed by atoms with Crippen LogP contribution in [0.4, 0.5) is 0 Å². The van der Waals surface area contributed by atoms with Crippen LogP contribution in [0.1, 0.15) is 37.2 Å². The zero-order chi connectivity index (χ0) is 16.9. The highest BCUT2D eigenvalue weighted by Gasteiger charge is 2.24. The minimum Gasteiger partial charge on any atom is -0.388 e. The summed E-state index contributed by atoms with van der Waals surface area (Å²) < 4.78 is 7.12. The lowest BCUT2D eigenvalue weighted by Crippen LogP contribution is -2.42. The van der Waals surface area contributed by atoms with E-state index in [1.807, 2.05) is 48.7 Å². The number of benzene rings is 1. The van der Waals surface area contributed by atoms with E-state index in [0.717, 1.165) is 10.9 Å². The summed E-state index contributed by atoms with van der Waals surface area (Å²) in [6.07, 6.45) is 1.22. The van der Waals surface area contributed by atoms with Gasteiger partial charge in [-0.15, -0.1) is 0 Å². The van der Waals surface area contributed by atoms with E-state index in [2.05, 4.69) is 5.32 Å². The summed E-state index contributed by atoms with van der Waals surface area (Å²) in [5, 5.41) is 14.2. The normalized spacial score (nSPS) is 11.8. The second-order valence-corrected chi connectivity index (χ2v) is 5.85. The van der Waals surface area contributed by atoms with Gasteiger partial charge in [-0.3, -0.25) is 4.79 Å². The molecular formula is C18H26N2O3. The molecule has 0 bridgehead atoms. The van der Waals surface area contributed by atoms with E-state index < -0.39 is 5.60 Å². The topological polar surface area (TPSA) is 63.5 Å². The Morgan fingerprint density at radius 1 is 1.30 bits per heavy atom. The molecule has 0 saturated heterocycles. The fraction of sp³-hybridized carbons (Fsp3) is 0.500.